The SMILES string of the molecule is CC1(C)OC(c2ccnc(N)n2)=C(c2cc(Cl)cc(CS(=O)(=O)c3ccc(F)cc3F)c2F)C1=O. The molecule has 1 aliphatic heterocycles. The van der Waals surface area contributed by atoms with Crippen molar-refractivity contribution < 1.29 is 31.1 Å². The summed E-state index contributed by atoms with van der Waals surface area (Å²) in [7, 11) is -4.46. The molecule has 0 atom stereocenters. The Kier molecular flexibility index (Phi) is 6.10. The summed E-state index contributed by atoms with van der Waals surface area (Å²) in [5.74, 6) is -5.18. The number of anilines is 1. The first-order valence-corrected chi connectivity index (χ1v) is 12.1. The van der Waals surface area contributed by atoms with Crippen molar-refractivity contribution in [1.29, 1.82) is 0 Å². The van der Waals surface area contributed by atoms with E-state index < -0.39 is 54.9 Å². The van der Waals surface area contributed by atoms with Gasteiger partial charge in [0.2, 0.25) is 11.7 Å². The maximum Gasteiger partial charge on any atom is 0.220 e. The number of nitrogen functional groups attached to an aromatic ring is 1. The fourth-order valence-corrected chi connectivity index (χ4v) is 5.27. The summed E-state index contributed by atoms with van der Waals surface area (Å²) >= 11 is 6.16. The number of hydrogen-bond acceptors (Lipinski definition) is 7. The van der Waals surface area contributed by atoms with Gasteiger partial charge < -0.3 is 10.5 Å². The number of nitrogens with two attached hydrogens (primary N) is 1. The molecule has 3 aromatic rings. The molecule has 1 aliphatic rings. The lowest BCUT2D eigenvalue weighted by molar-refractivity contribution is -0.125. The first kappa shape index (κ1) is 24.7. The van der Waals surface area contributed by atoms with Crippen molar-refractivity contribution in [2.24, 2.45) is 0 Å². The van der Waals surface area contributed by atoms with Crippen LogP contribution in [-0.4, -0.2) is 29.8 Å². The molecule has 2 N–H and O–H groups in total. The average Bonchev–Trinajstić information content (AvgIpc) is 2.99. The number of sulfone groups is 1. The number of benzene rings is 2. The molecule has 0 radical (unpaired) electrons. The minimum Gasteiger partial charge on any atom is -0.477 e. The Morgan fingerprint density at radius 3 is 2.49 bits per heavy atom. The van der Waals surface area contributed by atoms with Gasteiger partial charge in [0.05, 0.1) is 11.3 Å². The zero-order chi connectivity index (χ0) is 25.7. The molecule has 35 heavy (non-hydrogen) atoms. The van der Waals surface area contributed by atoms with E-state index in [4.69, 9.17) is 22.1 Å². The van der Waals surface area contributed by atoms with E-state index in [0.29, 0.717) is 6.07 Å². The number of ether oxygens (including phenoxy) is 1. The van der Waals surface area contributed by atoms with Gasteiger partial charge in [-0.3, -0.25) is 4.79 Å². The fourth-order valence-electron chi connectivity index (χ4n) is 3.62. The van der Waals surface area contributed by atoms with Gasteiger partial charge in [0, 0.05) is 28.4 Å². The molecule has 0 amide bonds. The van der Waals surface area contributed by atoms with Gasteiger partial charge in [-0.1, -0.05) is 11.6 Å². The largest absolute Gasteiger partial charge is 0.477 e. The molecular formula is C23H17ClF3N3O4S. The quantitative estimate of drug-likeness (QED) is 0.495. The van der Waals surface area contributed by atoms with Crippen molar-refractivity contribution in [3.63, 3.8) is 0 Å². The highest BCUT2D eigenvalue weighted by Gasteiger charge is 2.44. The molecule has 0 saturated heterocycles. The second kappa shape index (κ2) is 8.65. The lowest BCUT2D eigenvalue weighted by atomic mass is 9.92. The summed E-state index contributed by atoms with van der Waals surface area (Å²) in [4.78, 5) is 20.2. The highest BCUT2D eigenvalue weighted by molar-refractivity contribution is 7.90. The van der Waals surface area contributed by atoms with E-state index in [9.17, 15) is 22.0 Å². The minimum atomic E-state index is -4.46. The Balaban J connectivity index is 1.88. The van der Waals surface area contributed by atoms with E-state index in [1.807, 2.05) is 0 Å². The third-order valence-electron chi connectivity index (χ3n) is 5.22. The summed E-state index contributed by atoms with van der Waals surface area (Å²) < 4.78 is 74.5. The Morgan fingerprint density at radius 2 is 1.83 bits per heavy atom. The molecular weight excluding hydrogens is 507 g/mol. The number of rotatable bonds is 5. The number of Topliss-reactive ketones (excluding diaryl/α,β-unsaturated/α-hetero) is 1. The smallest absolute Gasteiger partial charge is 0.220 e. The summed E-state index contributed by atoms with van der Waals surface area (Å²) in [6.45, 7) is 2.94. The van der Waals surface area contributed by atoms with Crippen molar-refractivity contribution in [1.82, 2.24) is 9.97 Å². The van der Waals surface area contributed by atoms with Crippen molar-refractivity contribution in [2.45, 2.75) is 30.1 Å². The molecule has 0 unspecified atom stereocenters. The fraction of sp³-hybridized carbons (Fsp3) is 0.174. The zero-order valence-electron chi connectivity index (χ0n) is 18.3. The second-order valence-corrected chi connectivity index (χ2v) is 10.6. The van der Waals surface area contributed by atoms with Gasteiger partial charge in [-0.05, 0) is 44.2 Å². The molecule has 7 nitrogen and oxygen atoms in total. The number of hydrogen-bond donors (Lipinski definition) is 1. The summed E-state index contributed by atoms with van der Waals surface area (Å²) in [5.41, 5.74) is 3.36. The summed E-state index contributed by atoms with van der Waals surface area (Å²) in [6.07, 6.45) is 1.32. The Morgan fingerprint density at radius 1 is 1.11 bits per heavy atom. The first-order valence-electron chi connectivity index (χ1n) is 10.0. The van der Waals surface area contributed by atoms with Crippen LogP contribution in [0.25, 0.3) is 11.3 Å². The van der Waals surface area contributed by atoms with Crippen LogP contribution in [0.4, 0.5) is 19.1 Å². The van der Waals surface area contributed by atoms with Crippen molar-refractivity contribution in [2.75, 3.05) is 5.73 Å². The molecule has 2 aromatic carbocycles. The van der Waals surface area contributed by atoms with Gasteiger partial charge in [-0.25, -0.2) is 31.6 Å². The van der Waals surface area contributed by atoms with E-state index in [1.165, 1.54) is 26.1 Å². The molecule has 0 fully saturated rings. The highest BCUT2D eigenvalue weighted by atomic mass is 35.5. The minimum absolute atomic E-state index is 0.0854. The van der Waals surface area contributed by atoms with E-state index in [0.717, 1.165) is 24.3 Å². The number of nitrogens with zero attached hydrogens (tertiary/aromatic N) is 2. The third kappa shape index (κ3) is 4.61. The van der Waals surface area contributed by atoms with Gasteiger partial charge in [0.15, 0.2) is 21.2 Å². The standard InChI is InChI=1S/C23H17ClF3N3O4S/c1-23(2)21(31)18(20(34-23)16-5-6-29-22(28)30-16)14-8-12(24)7-11(19(14)27)10-35(32,33)17-4-3-13(25)9-15(17)26/h3-9H,10H2,1-2H3,(H2,28,29,30). The maximum absolute atomic E-state index is 15.7. The summed E-state index contributed by atoms with van der Waals surface area (Å²) in [5, 5.41) is -0.0854. The van der Waals surface area contributed by atoms with E-state index in [1.54, 1.807) is 0 Å². The van der Waals surface area contributed by atoms with Gasteiger partial charge in [0.25, 0.3) is 0 Å². The number of ketones is 1. The van der Waals surface area contributed by atoms with Crippen LogP contribution < -0.4 is 5.73 Å². The Bertz CT molecular complexity index is 1520. The lowest BCUT2D eigenvalue weighted by Crippen LogP contribution is -2.29. The molecule has 12 heteroatoms. The predicted molar refractivity (Wildman–Crippen MR) is 122 cm³/mol. The zero-order valence-corrected chi connectivity index (χ0v) is 19.8. The third-order valence-corrected chi connectivity index (χ3v) is 7.13. The average molecular weight is 524 g/mol. The van der Waals surface area contributed by atoms with Crippen LogP contribution in [0.1, 0.15) is 30.7 Å². The normalized spacial score (nSPS) is 15.4. The van der Waals surface area contributed by atoms with Gasteiger partial charge in [0.1, 0.15) is 28.0 Å². The molecule has 0 aliphatic carbocycles. The van der Waals surface area contributed by atoms with Gasteiger partial charge in [-0.15, -0.1) is 0 Å². The number of aromatic nitrogens is 2. The van der Waals surface area contributed by atoms with Crippen molar-refractivity contribution in [3.8, 4) is 0 Å². The topological polar surface area (TPSA) is 112 Å². The van der Waals surface area contributed by atoms with Crippen LogP contribution in [-0.2, 0) is 25.1 Å². The molecule has 0 spiro atoms. The van der Waals surface area contributed by atoms with Crippen LogP contribution in [0.3, 0.4) is 0 Å². The van der Waals surface area contributed by atoms with E-state index in [2.05, 4.69) is 9.97 Å². The van der Waals surface area contributed by atoms with Crippen molar-refractivity contribution in [3.05, 3.63) is 81.9 Å². The maximum atomic E-state index is 15.7. The highest BCUT2D eigenvalue weighted by Crippen LogP contribution is 2.42. The Labute approximate surface area is 203 Å². The van der Waals surface area contributed by atoms with Crippen LogP contribution in [0.15, 0.2) is 47.5 Å². The summed E-state index contributed by atoms with van der Waals surface area (Å²) in [6, 6.07) is 5.54. The van der Waals surface area contributed by atoms with Crippen molar-refractivity contribution >= 4 is 44.5 Å². The number of carbonyl (C=O) groups is 1. The molecule has 4 rings (SSSR count). The molecule has 182 valence electrons. The molecule has 0 saturated carbocycles. The van der Waals surface area contributed by atoms with Crippen LogP contribution in [0, 0.1) is 17.5 Å². The van der Waals surface area contributed by atoms with Crippen LogP contribution >= 0.6 is 11.6 Å². The predicted octanol–water partition coefficient (Wildman–Crippen LogP) is 4.35. The lowest BCUT2D eigenvalue weighted by Gasteiger charge is -2.17. The van der Waals surface area contributed by atoms with E-state index >= 15 is 4.39 Å². The monoisotopic (exact) mass is 523 g/mol. The molecule has 0 bridgehead atoms. The van der Waals surface area contributed by atoms with E-state index in [-0.39, 0.29) is 33.6 Å². The van der Waals surface area contributed by atoms with Gasteiger partial charge in [-0.2, -0.15) is 0 Å². The first-order chi connectivity index (χ1) is 16.3. The number of carbonyl (C=O) groups excluding carboxylic acids is 1. The second-order valence-electron chi connectivity index (χ2n) is 8.21. The number of halogens is 4. The van der Waals surface area contributed by atoms with Crippen LogP contribution in [0.2, 0.25) is 5.02 Å². The molecule has 2 heterocycles. The molecule has 1 aromatic heterocycles. The Hall–Kier alpha value is -3.44. The van der Waals surface area contributed by atoms with Crippen LogP contribution in [0.5, 0.6) is 0 Å². The van der Waals surface area contributed by atoms with Gasteiger partial charge >= 0.3 is 0 Å².